The minimum absolute atomic E-state index is 0.0757. The summed E-state index contributed by atoms with van der Waals surface area (Å²) in [5, 5.41) is 2.74. The van der Waals surface area contributed by atoms with Gasteiger partial charge in [0, 0.05) is 18.8 Å². The van der Waals surface area contributed by atoms with Gasteiger partial charge in [-0.3, -0.25) is 23.9 Å². The van der Waals surface area contributed by atoms with E-state index in [9.17, 15) is 19.2 Å². The fraction of sp³-hybridized carbons (Fsp3) is 0.455. The lowest BCUT2D eigenvalue weighted by atomic mass is 9.83. The maximum Gasteiger partial charge on any atom is 0.328 e. The minimum atomic E-state index is -0.747. The normalized spacial score (nSPS) is 11.2. The number of nitrogens with one attached hydrogen (secondary N) is 2. The van der Waals surface area contributed by atoms with E-state index in [-0.39, 0.29) is 12.0 Å². The Morgan fingerprint density at radius 1 is 1.13 bits per heavy atom. The first-order valence-corrected chi connectivity index (χ1v) is 9.80. The maximum absolute atomic E-state index is 12.0. The fourth-order valence-corrected chi connectivity index (χ4v) is 3.10. The Morgan fingerprint density at radius 3 is 2.33 bits per heavy atom. The Labute approximate surface area is 175 Å². The second-order valence-electron chi connectivity index (χ2n) is 8.34. The van der Waals surface area contributed by atoms with Crippen molar-refractivity contribution in [2.75, 3.05) is 13.2 Å². The van der Waals surface area contributed by atoms with Crippen LogP contribution in [0, 0.1) is 13.8 Å². The molecule has 0 aliphatic heterocycles. The highest BCUT2D eigenvalue weighted by molar-refractivity contribution is 5.80. The average Bonchev–Trinajstić information content (AvgIpc) is 2.63. The van der Waals surface area contributed by atoms with Gasteiger partial charge in [-0.05, 0) is 47.9 Å². The molecular weight excluding hydrogens is 386 g/mol. The summed E-state index contributed by atoms with van der Waals surface area (Å²) in [5.41, 5.74) is 3.65. The molecule has 2 N–H and O–H groups in total. The Bertz CT molecular complexity index is 1020. The fourth-order valence-electron chi connectivity index (χ4n) is 3.10. The molecule has 8 nitrogen and oxygen atoms in total. The lowest BCUT2D eigenvalue weighted by molar-refractivity contribution is -0.149. The monoisotopic (exact) mass is 415 g/mol. The Kier molecular flexibility index (Phi) is 7.37. The van der Waals surface area contributed by atoms with Crippen molar-refractivity contribution in [3.8, 4) is 0 Å². The molecule has 0 bridgehead atoms. The van der Waals surface area contributed by atoms with Gasteiger partial charge in [0.2, 0.25) is 0 Å². The van der Waals surface area contributed by atoms with Crippen molar-refractivity contribution in [2.24, 2.45) is 0 Å². The molecule has 0 unspecified atom stereocenters. The summed E-state index contributed by atoms with van der Waals surface area (Å²) in [6, 6.07) is 5.49. The van der Waals surface area contributed by atoms with Crippen molar-refractivity contribution in [3.63, 3.8) is 0 Å². The lowest BCUT2D eigenvalue weighted by Crippen LogP contribution is -2.34. The van der Waals surface area contributed by atoms with Gasteiger partial charge in [-0.2, -0.15) is 0 Å². The third kappa shape index (κ3) is 6.43. The molecule has 2 rings (SSSR count). The van der Waals surface area contributed by atoms with E-state index in [1.807, 2.05) is 4.98 Å². The van der Waals surface area contributed by atoms with Crippen molar-refractivity contribution < 1.29 is 14.3 Å². The molecule has 0 aliphatic carbocycles. The molecule has 30 heavy (non-hydrogen) atoms. The number of rotatable bonds is 7. The molecule has 162 valence electrons. The van der Waals surface area contributed by atoms with Crippen molar-refractivity contribution in [1.82, 2.24) is 14.9 Å². The first-order chi connectivity index (χ1) is 14.0. The van der Waals surface area contributed by atoms with E-state index in [1.165, 1.54) is 28.5 Å². The van der Waals surface area contributed by atoms with Gasteiger partial charge in [-0.1, -0.05) is 32.9 Å². The van der Waals surface area contributed by atoms with Crippen LogP contribution in [-0.4, -0.2) is 34.6 Å². The molecule has 0 atom stereocenters. The summed E-state index contributed by atoms with van der Waals surface area (Å²) in [4.78, 5) is 48.3. The van der Waals surface area contributed by atoms with Crippen LogP contribution in [0.5, 0.6) is 0 Å². The van der Waals surface area contributed by atoms with E-state index in [2.05, 4.69) is 52.1 Å². The molecule has 8 heteroatoms. The standard InChI is InChI=1S/C22H29N3O5/c1-14-10-16(22(3,4)5)11-15(2)17(14)6-8-23-19(27)13-30-20(28)12-25-9-7-18(26)24-21(25)29/h7,9-11H,6,8,12-13H2,1-5H3,(H,23,27)(H,24,26,29). The van der Waals surface area contributed by atoms with E-state index < -0.39 is 29.7 Å². The molecular formula is C22H29N3O5. The molecule has 0 radical (unpaired) electrons. The Balaban J connectivity index is 1.82. The van der Waals surface area contributed by atoms with Gasteiger partial charge in [-0.15, -0.1) is 0 Å². The number of hydrogen-bond donors (Lipinski definition) is 2. The van der Waals surface area contributed by atoms with Crippen molar-refractivity contribution in [3.05, 3.63) is 67.5 Å². The van der Waals surface area contributed by atoms with Crippen LogP contribution in [0.1, 0.15) is 43.0 Å². The number of H-pyrrole nitrogens is 1. The van der Waals surface area contributed by atoms with Gasteiger partial charge in [0.05, 0.1) is 0 Å². The number of carbonyl (C=O) groups excluding carboxylic acids is 2. The number of esters is 1. The van der Waals surface area contributed by atoms with Gasteiger partial charge in [-0.25, -0.2) is 4.79 Å². The average molecular weight is 415 g/mol. The molecule has 0 saturated carbocycles. The number of aromatic nitrogens is 2. The summed E-state index contributed by atoms with van der Waals surface area (Å²) in [6.45, 7) is 10.3. The third-order valence-corrected chi connectivity index (χ3v) is 4.82. The Morgan fingerprint density at radius 2 is 1.77 bits per heavy atom. The van der Waals surface area contributed by atoms with Crippen LogP contribution >= 0.6 is 0 Å². The van der Waals surface area contributed by atoms with E-state index in [1.54, 1.807) is 0 Å². The van der Waals surface area contributed by atoms with E-state index in [0.29, 0.717) is 13.0 Å². The van der Waals surface area contributed by atoms with Crippen molar-refractivity contribution >= 4 is 11.9 Å². The van der Waals surface area contributed by atoms with Gasteiger partial charge in [0.25, 0.3) is 11.5 Å². The topological polar surface area (TPSA) is 110 Å². The third-order valence-electron chi connectivity index (χ3n) is 4.82. The van der Waals surface area contributed by atoms with Crippen LogP contribution in [0.2, 0.25) is 0 Å². The first kappa shape index (κ1) is 23.1. The number of aryl methyl sites for hydroxylation is 2. The smallest absolute Gasteiger partial charge is 0.328 e. The quantitative estimate of drug-likeness (QED) is 0.664. The highest BCUT2D eigenvalue weighted by Crippen LogP contribution is 2.27. The Hall–Kier alpha value is -3.16. The molecule has 1 heterocycles. The SMILES string of the molecule is Cc1cc(C(C)(C)C)cc(C)c1CCNC(=O)COC(=O)Cn1ccc(=O)[nH]c1=O. The predicted octanol–water partition coefficient (Wildman–Crippen LogP) is 1.35. The number of aromatic amines is 1. The van der Waals surface area contributed by atoms with Gasteiger partial charge in [0.15, 0.2) is 6.61 Å². The molecule has 2 aromatic rings. The second-order valence-corrected chi connectivity index (χ2v) is 8.34. The largest absolute Gasteiger partial charge is 0.454 e. The lowest BCUT2D eigenvalue weighted by Gasteiger charge is -2.22. The zero-order valence-corrected chi connectivity index (χ0v) is 18.1. The van der Waals surface area contributed by atoms with Gasteiger partial charge < -0.3 is 10.1 Å². The summed E-state index contributed by atoms with van der Waals surface area (Å²) in [7, 11) is 0. The number of nitrogens with zero attached hydrogens (tertiary/aromatic N) is 1. The van der Waals surface area contributed by atoms with Crippen LogP contribution < -0.4 is 16.6 Å². The van der Waals surface area contributed by atoms with Crippen LogP contribution in [-0.2, 0) is 32.7 Å². The zero-order valence-electron chi connectivity index (χ0n) is 18.1. The van der Waals surface area contributed by atoms with Crippen LogP contribution in [0.4, 0.5) is 0 Å². The number of benzene rings is 1. The predicted molar refractivity (Wildman–Crippen MR) is 114 cm³/mol. The molecule has 0 aliphatic rings. The second kappa shape index (κ2) is 9.56. The zero-order chi connectivity index (χ0) is 22.5. The highest BCUT2D eigenvalue weighted by atomic mass is 16.5. The van der Waals surface area contributed by atoms with Crippen LogP contribution in [0.25, 0.3) is 0 Å². The molecule has 1 amide bonds. The molecule has 0 fully saturated rings. The number of ether oxygens (including phenoxy) is 1. The summed E-state index contributed by atoms with van der Waals surface area (Å²) in [6.07, 6.45) is 1.87. The molecule has 0 spiro atoms. The number of amides is 1. The summed E-state index contributed by atoms with van der Waals surface area (Å²) >= 11 is 0. The maximum atomic E-state index is 12.0. The number of hydrogen-bond acceptors (Lipinski definition) is 5. The van der Waals surface area contributed by atoms with E-state index >= 15 is 0 Å². The van der Waals surface area contributed by atoms with Gasteiger partial charge >= 0.3 is 11.7 Å². The van der Waals surface area contributed by atoms with Gasteiger partial charge in [0.1, 0.15) is 6.54 Å². The van der Waals surface area contributed by atoms with Crippen LogP contribution in [0.3, 0.4) is 0 Å². The highest BCUT2D eigenvalue weighted by Gasteiger charge is 2.16. The molecule has 1 aromatic heterocycles. The van der Waals surface area contributed by atoms with Crippen molar-refractivity contribution in [1.29, 1.82) is 0 Å². The van der Waals surface area contributed by atoms with E-state index in [0.717, 1.165) is 10.6 Å². The minimum Gasteiger partial charge on any atom is -0.454 e. The van der Waals surface area contributed by atoms with Crippen LogP contribution in [0.15, 0.2) is 34.0 Å². The summed E-state index contributed by atoms with van der Waals surface area (Å²) < 4.78 is 5.89. The molecule has 0 saturated heterocycles. The number of carbonyl (C=O) groups is 2. The van der Waals surface area contributed by atoms with Crippen molar-refractivity contribution in [2.45, 2.75) is 53.0 Å². The first-order valence-electron chi connectivity index (χ1n) is 9.80. The molecule has 1 aromatic carbocycles. The van der Waals surface area contributed by atoms with E-state index in [4.69, 9.17) is 4.74 Å². The summed E-state index contributed by atoms with van der Waals surface area (Å²) in [5.74, 6) is -1.16.